The van der Waals surface area contributed by atoms with Crippen LogP contribution in [0.25, 0.3) is 80.7 Å². The molecule has 1 aliphatic rings. The lowest BCUT2D eigenvalue weighted by Gasteiger charge is -2.40. The van der Waals surface area contributed by atoms with Gasteiger partial charge in [0.05, 0.1) is 29.5 Å². The second-order valence-electron chi connectivity index (χ2n) is 15.0. The highest BCUT2D eigenvalue weighted by molar-refractivity contribution is 7.25. The zero-order chi connectivity index (χ0) is 37.5. The summed E-state index contributed by atoms with van der Waals surface area (Å²) in [5.41, 5.74) is 11.3. The Labute approximate surface area is 332 Å². The molecular formula is C51H36N4OS. The summed E-state index contributed by atoms with van der Waals surface area (Å²) in [4.78, 5) is 0. The predicted molar refractivity (Wildman–Crippen MR) is 237 cm³/mol. The van der Waals surface area contributed by atoms with Crippen molar-refractivity contribution >= 4 is 75.3 Å². The van der Waals surface area contributed by atoms with Gasteiger partial charge in [-0.05, 0) is 70.3 Å². The first-order valence-electron chi connectivity index (χ1n) is 19.5. The van der Waals surface area contributed by atoms with Crippen molar-refractivity contribution in [3.63, 3.8) is 0 Å². The van der Waals surface area contributed by atoms with Crippen LogP contribution in [0.4, 0.5) is 0 Å². The van der Waals surface area contributed by atoms with E-state index in [2.05, 4.69) is 203 Å². The molecule has 5 nitrogen and oxygen atoms in total. The molecule has 2 unspecified atom stereocenters. The zero-order valence-corrected chi connectivity index (χ0v) is 31.6. The highest BCUT2D eigenvalue weighted by Crippen LogP contribution is 2.44. The molecule has 1 fully saturated rings. The fraction of sp³-hybridized carbons (Fsp3) is 0.0588. The van der Waals surface area contributed by atoms with Crippen molar-refractivity contribution in [1.82, 2.24) is 20.5 Å². The lowest BCUT2D eigenvalue weighted by atomic mass is 9.97. The van der Waals surface area contributed by atoms with Crippen molar-refractivity contribution in [2.75, 3.05) is 0 Å². The summed E-state index contributed by atoms with van der Waals surface area (Å²) in [5, 5.41) is 18.9. The van der Waals surface area contributed by atoms with Crippen molar-refractivity contribution in [3.8, 4) is 16.8 Å². The number of nitrogens with zero attached hydrogens (tertiary/aromatic N) is 1. The molecule has 0 bridgehead atoms. The molecule has 1 saturated heterocycles. The van der Waals surface area contributed by atoms with E-state index in [0.29, 0.717) is 0 Å². The number of nitrogens with one attached hydrogen (secondary N) is 3. The summed E-state index contributed by atoms with van der Waals surface area (Å²) in [5.74, 6) is 0. The monoisotopic (exact) mass is 752 g/mol. The number of para-hydroxylation sites is 2. The minimum absolute atomic E-state index is 0.0299. The van der Waals surface area contributed by atoms with E-state index < -0.39 is 0 Å². The Balaban J connectivity index is 0.955. The third kappa shape index (κ3) is 5.27. The van der Waals surface area contributed by atoms with Crippen molar-refractivity contribution in [2.45, 2.75) is 18.5 Å². The molecule has 12 rings (SSSR count). The maximum Gasteiger partial charge on any atom is 0.137 e. The quantitative estimate of drug-likeness (QED) is 0.164. The molecule has 0 aliphatic carbocycles. The molecule has 6 heteroatoms. The normalized spacial score (nSPS) is 17.4. The van der Waals surface area contributed by atoms with E-state index >= 15 is 0 Å². The third-order valence-electron chi connectivity index (χ3n) is 11.7. The molecule has 1 aliphatic heterocycles. The van der Waals surface area contributed by atoms with Crippen LogP contribution in [0.3, 0.4) is 0 Å². The van der Waals surface area contributed by atoms with Gasteiger partial charge in [0, 0.05) is 53.5 Å². The Hall–Kier alpha value is -6.54. The highest BCUT2D eigenvalue weighted by Gasteiger charge is 2.31. The average Bonchev–Trinajstić information content (AvgIpc) is 3.96. The maximum atomic E-state index is 6.65. The van der Waals surface area contributed by atoms with Gasteiger partial charge in [-0.2, -0.15) is 0 Å². The molecule has 57 heavy (non-hydrogen) atoms. The van der Waals surface area contributed by atoms with Gasteiger partial charge in [-0.3, -0.25) is 16.0 Å². The predicted octanol–water partition coefficient (Wildman–Crippen LogP) is 12.9. The second-order valence-corrected chi connectivity index (χ2v) is 16.1. The molecule has 0 radical (unpaired) electrons. The van der Waals surface area contributed by atoms with Crippen molar-refractivity contribution in [3.05, 3.63) is 199 Å². The molecule has 8 aromatic carbocycles. The minimum Gasteiger partial charge on any atom is -0.456 e. The minimum atomic E-state index is -0.0821. The van der Waals surface area contributed by atoms with Crippen LogP contribution in [-0.4, -0.2) is 4.57 Å². The highest BCUT2D eigenvalue weighted by atomic mass is 32.1. The number of fused-ring (bicyclic) bond motifs is 9. The summed E-state index contributed by atoms with van der Waals surface area (Å²) < 4.78 is 11.5. The van der Waals surface area contributed by atoms with Crippen LogP contribution in [0.2, 0.25) is 0 Å². The van der Waals surface area contributed by atoms with Gasteiger partial charge < -0.3 is 8.98 Å². The van der Waals surface area contributed by atoms with E-state index in [1.54, 1.807) is 0 Å². The third-order valence-corrected chi connectivity index (χ3v) is 12.9. The van der Waals surface area contributed by atoms with Crippen molar-refractivity contribution in [1.29, 1.82) is 0 Å². The Morgan fingerprint density at radius 1 is 0.439 bits per heavy atom. The van der Waals surface area contributed by atoms with Crippen LogP contribution >= 0.6 is 11.3 Å². The fourth-order valence-corrected chi connectivity index (χ4v) is 10.3. The van der Waals surface area contributed by atoms with Crippen LogP contribution in [0.5, 0.6) is 0 Å². The molecule has 272 valence electrons. The molecule has 4 heterocycles. The van der Waals surface area contributed by atoms with Gasteiger partial charge in [-0.25, -0.2) is 0 Å². The molecule has 11 aromatic rings. The van der Waals surface area contributed by atoms with Gasteiger partial charge in [-0.15, -0.1) is 11.3 Å². The lowest BCUT2D eigenvalue weighted by Crippen LogP contribution is -2.54. The van der Waals surface area contributed by atoms with Crippen molar-refractivity contribution < 1.29 is 4.42 Å². The Kier molecular flexibility index (Phi) is 7.46. The van der Waals surface area contributed by atoms with E-state index in [1.807, 2.05) is 11.3 Å². The van der Waals surface area contributed by atoms with Gasteiger partial charge in [0.25, 0.3) is 0 Å². The summed E-state index contributed by atoms with van der Waals surface area (Å²) in [6.45, 7) is 0. The van der Waals surface area contributed by atoms with E-state index in [0.717, 1.165) is 27.6 Å². The van der Waals surface area contributed by atoms with Crippen LogP contribution in [0, 0.1) is 0 Å². The summed E-state index contributed by atoms with van der Waals surface area (Å²) in [7, 11) is 0. The Morgan fingerprint density at radius 2 is 1.07 bits per heavy atom. The number of hydrogen-bond donors (Lipinski definition) is 3. The fourth-order valence-electron chi connectivity index (χ4n) is 9.16. The number of rotatable bonds is 5. The molecule has 3 aromatic heterocycles. The molecule has 0 saturated carbocycles. The van der Waals surface area contributed by atoms with Crippen LogP contribution in [-0.2, 0) is 0 Å². The van der Waals surface area contributed by atoms with Gasteiger partial charge in [0.1, 0.15) is 11.2 Å². The maximum absolute atomic E-state index is 6.65. The lowest BCUT2D eigenvalue weighted by molar-refractivity contribution is 0.204. The second kappa shape index (κ2) is 13.0. The topological polar surface area (TPSA) is 54.2 Å². The van der Waals surface area contributed by atoms with E-state index in [1.165, 1.54) is 69.8 Å². The molecular weight excluding hydrogens is 717 g/mol. The largest absolute Gasteiger partial charge is 0.456 e. The van der Waals surface area contributed by atoms with Crippen molar-refractivity contribution in [2.24, 2.45) is 0 Å². The van der Waals surface area contributed by atoms with E-state index in [-0.39, 0.29) is 18.5 Å². The molecule has 3 N–H and O–H groups in total. The average molecular weight is 753 g/mol. The molecule has 0 amide bonds. The van der Waals surface area contributed by atoms with Gasteiger partial charge >= 0.3 is 0 Å². The van der Waals surface area contributed by atoms with Gasteiger partial charge in [0.2, 0.25) is 0 Å². The summed E-state index contributed by atoms with van der Waals surface area (Å²) in [6.07, 6.45) is -0.142. The van der Waals surface area contributed by atoms with Crippen LogP contribution < -0.4 is 16.0 Å². The van der Waals surface area contributed by atoms with E-state index in [9.17, 15) is 0 Å². The number of furan rings is 1. The summed E-state index contributed by atoms with van der Waals surface area (Å²) in [6, 6.07) is 65.4. The number of benzene rings is 8. The van der Waals surface area contributed by atoms with Crippen LogP contribution in [0.1, 0.15) is 35.2 Å². The van der Waals surface area contributed by atoms with Gasteiger partial charge in [-0.1, -0.05) is 133 Å². The number of hydrogen-bond acceptors (Lipinski definition) is 5. The zero-order valence-electron chi connectivity index (χ0n) is 30.8. The standard InChI is InChI=1S/C51H36N4OS/c1-3-13-31(14-4-1)49-52-50(32-15-5-2-6-16-32)54-51(53-49)40-20-12-24-45-48(40)39-27-25-33(29-46(39)57-45)35-19-11-23-43-47(35)38-28-26-34(30-44(38)56-43)55-41-21-9-7-17-36(41)37-18-8-10-22-42(37)55/h1-30,49-54H. The number of thiophene rings is 1. The van der Waals surface area contributed by atoms with Gasteiger partial charge in [0.15, 0.2) is 0 Å². The van der Waals surface area contributed by atoms with Crippen LogP contribution in [0.15, 0.2) is 186 Å². The Morgan fingerprint density at radius 3 is 1.79 bits per heavy atom. The SMILES string of the molecule is c1ccc(C2NC(c3ccccc3)NC(c3cccc4sc5cc(-c6cccc7oc8cc(-n9c%10ccccc%10c%10ccccc%109)ccc8c67)ccc5c34)N2)cc1. The molecule has 2 atom stereocenters. The first-order chi connectivity index (χ1) is 28.2. The summed E-state index contributed by atoms with van der Waals surface area (Å²) >= 11 is 1.86. The number of aromatic nitrogens is 1. The first kappa shape index (κ1) is 32.7. The smallest absolute Gasteiger partial charge is 0.137 e. The molecule has 0 spiro atoms. The first-order valence-corrected chi connectivity index (χ1v) is 20.3. The van der Waals surface area contributed by atoms with E-state index in [4.69, 9.17) is 4.42 Å². The Bertz CT molecular complexity index is 3210.